The Kier molecular flexibility index (Phi) is 4.09. The number of carbonyl (C=O) groups excluding carboxylic acids is 2. The summed E-state index contributed by atoms with van der Waals surface area (Å²) in [6.07, 6.45) is -2.23. The third-order valence-corrected chi connectivity index (χ3v) is 4.09. The van der Waals surface area contributed by atoms with Crippen LogP contribution in [-0.4, -0.2) is 39.6 Å². The van der Waals surface area contributed by atoms with Gasteiger partial charge in [-0.1, -0.05) is 30.3 Å². The fourth-order valence-corrected chi connectivity index (χ4v) is 2.84. The van der Waals surface area contributed by atoms with Crippen LogP contribution in [0.3, 0.4) is 0 Å². The lowest BCUT2D eigenvalue weighted by molar-refractivity contribution is 0.00423. The van der Waals surface area contributed by atoms with Gasteiger partial charge in [0.25, 0.3) is 0 Å². The molecule has 0 bridgehead atoms. The van der Waals surface area contributed by atoms with E-state index in [-0.39, 0.29) is 13.0 Å². The van der Waals surface area contributed by atoms with E-state index >= 15 is 0 Å². The van der Waals surface area contributed by atoms with Crippen molar-refractivity contribution in [3.05, 3.63) is 59.2 Å². The van der Waals surface area contributed by atoms with Gasteiger partial charge >= 0.3 is 0 Å². The Morgan fingerprint density at radius 1 is 0.826 bits per heavy atom. The van der Waals surface area contributed by atoms with E-state index in [2.05, 4.69) is 0 Å². The van der Waals surface area contributed by atoms with E-state index in [0.29, 0.717) is 27.8 Å². The fraction of sp³-hybridized carbons (Fsp3) is 0.222. The SMILES string of the molecule is O=C1C(=O)c2ccc(C(O)C(O)CCO)cc2-c2ccccc21. The maximum absolute atomic E-state index is 12.2. The summed E-state index contributed by atoms with van der Waals surface area (Å²) in [5.74, 6) is -1.11. The van der Waals surface area contributed by atoms with E-state index in [1.54, 1.807) is 30.3 Å². The molecule has 2 atom stereocenters. The molecule has 0 heterocycles. The lowest BCUT2D eigenvalue weighted by atomic mass is 9.82. The van der Waals surface area contributed by atoms with E-state index < -0.39 is 23.8 Å². The summed E-state index contributed by atoms with van der Waals surface area (Å²) >= 11 is 0. The first-order valence-electron chi connectivity index (χ1n) is 7.34. The summed E-state index contributed by atoms with van der Waals surface area (Å²) in [4.78, 5) is 24.3. The van der Waals surface area contributed by atoms with Gasteiger partial charge in [-0.3, -0.25) is 9.59 Å². The second kappa shape index (κ2) is 6.04. The minimum absolute atomic E-state index is 0.0479. The monoisotopic (exact) mass is 312 g/mol. The molecule has 1 aliphatic rings. The van der Waals surface area contributed by atoms with Crippen molar-refractivity contribution >= 4 is 11.6 Å². The number of benzene rings is 2. The molecule has 3 N–H and O–H groups in total. The number of aliphatic hydroxyl groups is 3. The van der Waals surface area contributed by atoms with E-state index in [1.165, 1.54) is 12.1 Å². The Morgan fingerprint density at radius 3 is 2.09 bits per heavy atom. The smallest absolute Gasteiger partial charge is 0.234 e. The fourth-order valence-electron chi connectivity index (χ4n) is 2.84. The average Bonchev–Trinajstić information content (AvgIpc) is 2.58. The average molecular weight is 312 g/mol. The normalized spacial score (nSPS) is 15.8. The van der Waals surface area contributed by atoms with Crippen molar-refractivity contribution in [2.24, 2.45) is 0 Å². The first-order chi connectivity index (χ1) is 11.0. The van der Waals surface area contributed by atoms with Gasteiger partial charge in [0, 0.05) is 17.7 Å². The van der Waals surface area contributed by atoms with Crippen LogP contribution in [0.5, 0.6) is 0 Å². The quantitative estimate of drug-likeness (QED) is 0.744. The molecule has 5 heteroatoms. The minimum Gasteiger partial charge on any atom is -0.396 e. The summed E-state index contributed by atoms with van der Waals surface area (Å²) in [6, 6.07) is 11.4. The van der Waals surface area contributed by atoms with Crippen LogP contribution in [0, 0.1) is 0 Å². The van der Waals surface area contributed by atoms with Crippen LogP contribution in [0.15, 0.2) is 42.5 Å². The van der Waals surface area contributed by atoms with Crippen LogP contribution in [0.1, 0.15) is 38.8 Å². The highest BCUT2D eigenvalue weighted by atomic mass is 16.3. The van der Waals surface area contributed by atoms with E-state index in [9.17, 15) is 19.8 Å². The number of carbonyl (C=O) groups is 2. The summed E-state index contributed by atoms with van der Waals surface area (Å²) in [5.41, 5.74) is 2.27. The van der Waals surface area contributed by atoms with E-state index in [4.69, 9.17) is 5.11 Å². The van der Waals surface area contributed by atoms with Crippen LogP contribution < -0.4 is 0 Å². The van der Waals surface area contributed by atoms with Crippen LogP contribution >= 0.6 is 0 Å². The number of rotatable bonds is 4. The summed E-state index contributed by atoms with van der Waals surface area (Å²) in [5, 5.41) is 28.9. The molecule has 0 fully saturated rings. The molecule has 23 heavy (non-hydrogen) atoms. The molecule has 0 aliphatic heterocycles. The molecule has 1 aliphatic carbocycles. The van der Waals surface area contributed by atoms with E-state index in [0.717, 1.165) is 0 Å². The molecule has 0 saturated heterocycles. The Labute approximate surface area is 132 Å². The third-order valence-electron chi connectivity index (χ3n) is 4.09. The zero-order chi connectivity index (χ0) is 16.6. The van der Waals surface area contributed by atoms with Crippen molar-refractivity contribution in [2.45, 2.75) is 18.6 Å². The Bertz CT molecular complexity index is 781. The Balaban J connectivity index is 2.10. The highest BCUT2D eigenvalue weighted by Gasteiger charge is 2.31. The molecule has 0 aromatic heterocycles. The highest BCUT2D eigenvalue weighted by Crippen LogP contribution is 2.35. The Morgan fingerprint density at radius 2 is 1.43 bits per heavy atom. The van der Waals surface area contributed by atoms with Crippen molar-refractivity contribution in [2.75, 3.05) is 6.61 Å². The van der Waals surface area contributed by atoms with Crippen LogP contribution in [0.2, 0.25) is 0 Å². The summed E-state index contributed by atoms with van der Waals surface area (Å²) in [6.45, 7) is -0.237. The van der Waals surface area contributed by atoms with Gasteiger partial charge in [-0.05, 0) is 35.2 Å². The topological polar surface area (TPSA) is 94.8 Å². The van der Waals surface area contributed by atoms with Crippen molar-refractivity contribution in [1.29, 1.82) is 0 Å². The van der Waals surface area contributed by atoms with E-state index in [1.807, 2.05) is 0 Å². The summed E-state index contributed by atoms with van der Waals surface area (Å²) < 4.78 is 0. The standard InChI is InChI=1S/C18H16O5/c19-8-7-15(20)16(21)10-5-6-13-14(9-10)11-3-1-2-4-12(11)17(22)18(13)23/h1-6,9,15-16,19-21H,7-8H2. The van der Waals surface area contributed by atoms with Gasteiger partial charge in [0.15, 0.2) is 0 Å². The van der Waals surface area contributed by atoms with Crippen molar-refractivity contribution < 1.29 is 24.9 Å². The van der Waals surface area contributed by atoms with Crippen molar-refractivity contribution in [3.63, 3.8) is 0 Å². The number of Topliss-reactive ketones (excluding diaryl/α,β-unsaturated/α-hetero) is 2. The number of ketones is 2. The first kappa shape index (κ1) is 15.6. The third kappa shape index (κ3) is 2.59. The van der Waals surface area contributed by atoms with Gasteiger partial charge in [0.2, 0.25) is 11.6 Å². The predicted molar refractivity (Wildman–Crippen MR) is 83.2 cm³/mol. The van der Waals surface area contributed by atoms with Gasteiger partial charge in [-0.15, -0.1) is 0 Å². The molecule has 2 unspecified atom stereocenters. The zero-order valence-corrected chi connectivity index (χ0v) is 12.3. The maximum Gasteiger partial charge on any atom is 0.234 e. The van der Waals surface area contributed by atoms with Crippen LogP contribution in [0.4, 0.5) is 0 Å². The molecular formula is C18H16O5. The van der Waals surface area contributed by atoms with Gasteiger partial charge in [-0.2, -0.15) is 0 Å². The van der Waals surface area contributed by atoms with Gasteiger partial charge in [-0.25, -0.2) is 0 Å². The number of hydrogen-bond acceptors (Lipinski definition) is 5. The van der Waals surface area contributed by atoms with Crippen LogP contribution in [0.25, 0.3) is 11.1 Å². The van der Waals surface area contributed by atoms with Crippen LogP contribution in [-0.2, 0) is 0 Å². The second-order valence-electron chi connectivity index (χ2n) is 5.53. The number of aliphatic hydroxyl groups excluding tert-OH is 3. The molecular weight excluding hydrogens is 296 g/mol. The minimum atomic E-state index is -1.17. The lowest BCUT2D eigenvalue weighted by Crippen LogP contribution is -2.23. The van der Waals surface area contributed by atoms with Crippen molar-refractivity contribution in [1.82, 2.24) is 0 Å². The molecule has 2 aromatic carbocycles. The molecule has 0 spiro atoms. The maximum atomic E-state index is 12.2. The summed E-state index contributed by atoms with van der Waals surface area (Å²) in [7, 11) is 0. The second-order valence-corrected chi connectivity index (χ2v) is 5.53. The molecule has 0 radical (unpaired) electrons. The Hall–Kier alpha value is -2.34. The number of fused-ring (bicyclic) bond motifs is 3. The molecule has 3 rings (SSSR count). The van der Waals surface area contributed by atoms with Gasteiger partial charge < -0.3 is 15.3 Å². The largest absolute Gasteiger partial charge is 0.396 e. The zero-order valence-electron chi connectivity index (χ0n) is 12.3. The highest BCUT2D eigenvalue weighted by molar-refractivity contribution is 6.52. The molecule has 2 aromatic rings. The molecule has 0 saturated carbocycles. The molecule has 5 nitrogen and oxygen atoms in total. The molecule has 118 valence electrons. The molecule has 0 amide bonds. The van der Waals surface area contributed by atoms with Crippen molar-refractivity contribution in [3.8, 4) is 11.1 Å². The van der Waals surface area contributed by atoms with Gasteiger partial charge in [0.05, 0.1) is 6.10 Å². The van der Waals surface area contributed by atoms with Gasteiger partial charge in [0.1, 0.15) is 6.10 Å². The first-order valence-corrected chi connectivity index (χ1v) is 7.34. The number of hydrogen-bond donors (Lipinski definition) is 3. The predicted octanol–water partition coefficient (Wildman–Crippen LogP) is 1.51. The lowest BCUT2D eigenvalue weighted by Gasteiger charge is -2.22.